The molecule has 2 aromatic carbocycles. The summed E-state index contributed by atoms with van der Waals surface area (Å²) in [6.07, 6.45) is 3.32. The van der Waals surface area contributed by atoms with Gasteiger partial charge in [0.15, 0.2) is 0 Å². The van der Waals surface area contributed by atoms with Crippen molar-refractivity contribution in [2.24, 2.45) is 0 Å². The molecule has 1 N–H and O–H groups in total. The van der Waals surface area contributed by atoms with Crippen molar-refractivity contribution < 1.29 is 4.74 Å². The van der Waals surface area contributed by atoms with Crippen LogP contribution in [0.3, 0.4) is 0 Å². The van der Waals surface area contributed by atoms with E-state index in [2.05, 4.69) is 59.1 Å². The zero-order valence-electron chi connectivity index (χ0n) is 14.0. The Balaban J connectivity index is 1.77. The number of hydrogen-bond acceptors (Lipinski definition) is 1. The molecule has 0 radical (unpaired) electrons. The normalized spacial score (nSPS) is 16.8. The Morgan fingerprint density at radius 3 is 2.88 bits per heavy atom. The van der Waals surface area contributed by atoms with Crippen molar-refractivity contribution >= 4 is 21.8 Å². The number of para-hydroxylation sites is 1. The number of hydrogen-bond donors (Lipinski definition) is 1. The SMILES string of the molecule is COc1cccc2[nH]cc(C3CCn4c3c(C)c3ccccc34)c12. The highest BCUT2D eigenvalue weighted by Crippen LogP contribution is 2.45. The van der Waals surface area contributed by atoms with E-state index in [4.69, 9.17) is 4.74 Å². The molecular formula is C21H20N2O. The van der Waals surface area contributed by atoms with Gasteiger partial charge in [-0.1, -0.05) is 24.3 Å². The third-order valence-corrected chi connectivity index (χ3v) is 5.54. The molecule has 0 spiro atoms. The van der Waals surface area contributed by atoms with E-state index in [-0.39, 0.29) is 0 Å². The second-order valence-electron chi connectivity index (χ2n) is 6.65. The standard InChI is InChI=1S/C21H20N2O/c1-13-14-6-3-4-8-18(14)23-11-10-15(21(13)23)16-12-22-17-7-5-9-19(24-2)20(16)17/h3-9,12,15,22H,10-11H2,1-2H3. The molecule has 5 rings (SSSR count). The minimum Gasteiger partial charge on any atom is -0.496 e. The van der Waals surface area contributed by atoms with Gasteiger partial charge in [0, 0.05) is 46.2 Å². The van der Waals surface area contributed by atoms with Gasteiger partial charge in [0.25, 0.3) is 0 Å². The molecule has 3 heterocycles. The zero-order valence-corrected chi connectivity index (χ0v) is 14.0. The molecule has 0 saturated heterocycles. The molecule has 1 aliphatic heterocycles. The minimum absolute atomic E-state index is 0.419. The summed E-state index contributed by atoms with van der Waals surface area (Å²) in [5.74, 6) is 1.37. The lowest BCUT2D eigenvalue weighted by atomic mass is 9.91. The van der Waals surface area contributed by atoms with Crippen LogP contribution in [0.4, 0.5) is 0 Å². The van der Waals surface area contributed by atoms with E-state index in [9.17, 15) is 0 Å². The van der Waals surface area contributed by atoms with E-state index in [1.54, 1.807) is 7.11 Å². The highest BCUT2D eigenvalue weighted by Gasteiger charge is 2.31. The quantitative estimate of drug-likeness (QED) is 0.555. The van der Waals surface area contributed by atoms with Crippen LogP contribution in [0.25, 0.3) is 21.8 Å². The number of fused-ring (bicyclic) bond motifs is 4. The summed E-state index contributed by atoms with van der Waals surface area (Å²) < 4.78 is 8.14. The van der Waals surface area contributed by atoms with Crippen molar-refractivity contribution in [2.75, 3.05) is 7.11 Å². The summed E-state index contributed by atoms with van der Waals surface area (Å²) in [6.45, 7) is 3.34. The monoisotopic (exact) mass is 316 g/mol. The van der Waals surface area contributed by atoms with Crippen LogP contribution in [0, 0.1) is 6.92 Å². The predicted molar refractivity (Wildman–Crippen MR) is 98.0 cm³/mol. The maximum absolute atomic E-state index is 5.64. The smallest absolute Gasteiger partial charge is 0.128 e. The first kappa shape index (κ1) is 13.7. The fraction of sp³-hybridized carbons (Fsp3) is 0.238. The van der Waals surface area contributed by atoms with Gasteiger partial charge in [-0.2, -0.15) is 0 Å². The van der Waals surface area contributed by atoms with Gasteiger partial charge in [0.2, 0.25) is 0 Å². The van der Waals surface area contributed by atoms with Crippen molar-refractivity contribution in [1.29, 1.82) is 0 Å². The molecule has 1 atom stereocenters. The van der Waals surface area contributed by atoms with Gasteiger partial charge in [-0.25, -0.2) is 0 Å². The molecule has 1 unspecified atom stereocenters. The number of H-pyrrole nitrogens is 1. The van der Waals surface area contributed by atoms with E-state index >= 15 is 0 Å². The molecule has 3 heteroatoms. The number of nitrogens with zero attached hydrogens (tertiary/aromatic N) is 1. The molecule has 24 heavy (non-hydrogen) atoms. The van der Waals surface area contributed by atoms with Gasteiger partial charge >= 0.3 is 0 Å². The molecule has 0 aliphatic carbocycles. The van der Waals surface area contributed by atoms with Crippen molar-refractivity contribution in [3.63, 3.8) is 0 Å². The number of aromatic nitrogens is 2. The molecule has 120 valence electrons. The first-order valence-corrected chi connectivity index (χ1v) is 8.51. The molecule has 3 nitrogen and oxygen atoms in total. The third kappa shape index (κ3) is 1.67. The molecule has 0 saturated carbocycles. The summed E-state index contributed by atoms with van der Waals surface area (Å²) in [5, 5.41) is 2.60. The summed E-state index contributed by atoms with van der Waals surface area (Å²) in [4.78, 5) is 3.43. The molecule has 1 aliphatic rings. The molecule has 0 bridgehead atoms. The maximum Gasteiger partial charge on any atom is 0.128 e. The molecule has 4 aromatic rings. The van der Waals surface area contributed by atoms with E-state index < -0.39 is 0 Å². The Hall–Kier alpha value is -2.68. The summed E-state index contributed by atoms with van der Waals surface area (Å²) in [7, 11) is 1.75. The summed E-state index contributed by atoms with van der Waals surface area (Å²) in [5.41, 5.74) is 6.74. The fourth-order valence-corrected chi connectivity index (χ4v) is 4.51. The number of nitrogens with one attached hydrogen (secondary N) is 1. The van der Waals surface area contributed by atoms with Gasteiger partial charge in [-0.05, 0) is 42.7 Å². The average Bonchev–Trinajstić information content (AvgIpc) is 3.30. The lowest BCUT2D eigenvalue weighted by molar-refractivity contribution is 0.419. The number of aromatic amines is 1. The Morgan fingerprint density at radius 2 is 2.00 bits per heavy atom. The van der Waals surface area contributed by atoms with Crippen molar-refractivity contribution in [3.05, 3.63) is 65.5 Å². The number of methoxy groups -OCH3 is 1. The summed E-state index contributed by atoms with van der Waals surface area (Å²) in [6, 6.07) is 15.0. The molecule has 2 aromatic heterocycles. The van der Waals surface area contributed by atoms with Crippen LogP contribution in [-0.2, 0) is 6.54 Å². The Bertz CT molecular complexity index is 1070. The first-order chi connectivity index (χ1) is 11.8. The van der Waals surface area contributed by atoms with Crippen LogP contribution in [-0.4, -0.2) is 16.7 Å². The van der Waals surface area contributed by atoms with E-state index in [1.807, 2.05) is 6.07 Å². The van der Waals surface area contributed by atoms with Gasteiger partial charge < -0.3 is 14.3 Å². The van der Waals surface area contributed by atoms with Crippen molar-refractivity contribution in [3.8, 4) is 5.75 Å². The average molecular weight is 316 g/mol. The third-order valence-electron chi connectivity index (χ3n) is 5.54. The number of aryl methyl sites for hydroxylation is 2. The van der Waals surface area contributed by atoms with Crippen LogP contribution in [0.2, 0.25) is 0 Å². The number of rotatable bonds is 2. The van der Waals surface area contributed by atoms with Crippen molar-refractivity contribution in [2.45, 2.75) is 25.8 Å². The molecule has 0 fully saturated rings. The zero-order chi connectivity index (χ0) is 16.3. The highest BCUT2D eigenvalue weighted by atomic mass is 16.5. The lowest BCUT2D eigenvalue weighted by Gasteiger charge is -2.12. The van der Waals surface area contributed by atoms with Crippen LogP contribution < -0.4 is 4.74 Å². The maximum atomic E-state index is 5.64. The van der Waals surface area contributed by atoms with Gasteiger partial charge in [0.1, 0.15) is 5.75 Å². The van der Waals surface area contributed by atoms with Gasteiger partial charge in [-0.15, -0.1) is 0 Å². The van der Waals surface area contributed by atoms with Crippen molar-refractivity contribution in [1.82, 2.24) is 9.55 Å². The number of benzene rings is 2. The Kier molecular flexibility index (Phi) is 2.81. The lowest BCUT2D eigenvalue weighted by Crippen LogP contribution is -1.98. The Labute approximate surface area is 140 Å². The fourth-order valence-electron chi connectivity index (χ4n) is 4.51. The van der Waals surface area contributed by atoms with Crippen LogP contribution in [0.15, 0.2) is 48.7 Å². The number of ether oxygens (including phenoxy) is 1. The van der Waals surface area contributed by atoms with Crippen LogP contribution in [0.1, 0.15) is 29.2 Å². The minimum atomic E-state index is 0.419. The second kappa shape index (κ2) is 4.91. The van der Waals surface area contributed by atoms with E-state index in [0.29, 0.717) is 5.92 Å². The van der Waals surface area contributed by atoms with Gasteiger partial charge in [-0.3, -0.25) is 0 Å². The van der Waals surface area contributed by atoms with E-state index in [1.165, 1.54) is 33.1 Å². The first-order valence-electron chi connectivity index (χ1n) is 8.51. The van der Waals surface area contributed by atoms with Crippen LogP contribution in [0.5, 0.6) is 5.75 Å². The van der Waals surface area contributed by atoms with Gasteiger partial charge in [0.05, 0.1) is 7.11 Å². The van der Waals surface area contributed by atoms with E-state index in [0.717, 1.165) is 24.2 Å². The molecular weight excluding hydrogens is 296 g/mol. The largest absolute Gasteiger partial charge is 0.496 e. The second-order valence-corrected chi connectivity index (χ2v) is 6.65. The highest BCUT2D eigenvalue weighted by molar-refractivity contribution is 5.91. The summed E-state index contributed by atoms with van der Waals surface area (Å²) >= 11 is 0. The Morgan fingerprint density at radius 1 is 1.12 bits per heavy atom. The molecule has 0 amide bonds. The predicted octanol–water partition coefficient (Wildman–Crippen LogP) is 4.98. The van der Waals surface area contributed by atoms with Crippen LogP contribution >= 0.6 is 0 Å². The topological polar surface area (TPSA) is 29.9 Å².